The van der Waals surface area contributed by atoms with E-state index in [1.54, 1.807) is 20.1 Å². The number of ether oxygens (including phenoxy) is 2. The highest BCUT2D eigenvalue weighted by molar-refractivity contribution is 6.10. The van der Waals surface area contributed by atoms with Gasteiger partial charge in [0.2, 0.25) is 0 Å². The fourth-order valence-electron chi connectivity index (χ4n) is 3.72. The molecule has 0 aromatic heterocycles. The maximum Gasteiger partial charge on any atom is 0.317 e. The second-order valence-corrected chi connectivity index (χ2v) is 6.94. The summed E-state index contributed by atoms with van der Waals surface area (Å²) in [6.45, 7) is 4.12. The van der Waals surface area contributed by atoms with E-state index in [0.717, 1.165) is 28.9 Å². The summed E-state index contributed by atoms with van der Waals surface area (Å²) >= 11 is 0. The zero-order valence-corrected chi connectivity index (χ0v) is 16.6. The van der Waals surface area contributed by atoms with Crippen molar-refractivity contribution in [3.63, 3.8) is 0 Å². The average Bonchev–Trinajstić information content (AvgIpc) is 2.73. The van der Waals surface area contributed by atoms with Crippen LogP contribution in [0.4, 0.5) is 0 Å². The monoisotopic (exact) mass is 378 g/mol. The minimum Gasteiger partial charge on any atom is -0.497 e. The first-order valence-electron chi connectivity index (χ1n) is 9.71. The Morgan fingerprint density at radius 1 is 1.11 bits per heavy atom. The highest BCUT2D eigenvalue weighted by Gasteiger charge is 2.39. The lowest BCUT2D eigenvalue weighted by atomic mass is 9.73. The molecular formula is C24H26O4. The largest absolute Gasteiger partial charge is 0.497 e. The fourth-order valence-corrected chi connectivity index (χ4v) is 3.72. The molecule has 1 aliphatic carbocycles. The van der Waals surface area contributed by atoms with Crippen LogP contribution >= 0.6 is 0 Å². The van der Waals surface area contributed by atoms with Crippen molar-refractivity contribution in [1.82, 2.24) is 0 Å². The first kappa shape index (κ1) is 19.9. The topological polar surface area (TPSA) is 52.6 Å². The molecule has 28 heavy (non-hydrogen) atoms. The van der Waals surface area contributed by atoms with Gasteiger partial charge in [-0.3, -0.25) is 9.59 Å². The summed E-state index contributed by atoms with van der Waals surface area (Å²) < 4.78 is 10.5. The van der Waals surface area contributed by atoms with Gasteiger partial charge >= 0.3 is 5.97 Å². The minimum atomic E-state index is -0.804. The van der Waals surface area contributed by atoms with Gasteiger partial charge in [0, 0.05) is 5.92 Å². The van der Waals surface area contributed by atoms with E-state index in [1.165, 1.54) is 5.56 Å². The van der Waals surface area contributed by atoms with Crippen LogP contribution in [0.3, 0.4) is 0 Å². The van der Waals surface area contributed by atoms with Crippen molar-refractivity contribution in [2.45, 2.75) is 32.6 Å². The summed E-state index contributed by atoms with van der Waals surface area (Å²) in [7, 11) is 1.62. The van der Waals surface area contributed by atoms with E-state index in [1.807, 2.05) is 36.4 Å². The van der Waals surface area contributed by atoms with E-state index in [0.29, 0.717) is 6.42 Å². The number of carbonyl (C=O) groups is 2. The average molecular weight is 378 g/mol. The van der Waals surface area contributed by atoms with Crippen LogP contribution in [-0.2, 0) is 20.7 Å². The number of hydrogen-bond acceptors (Lipinski definition) is 4. The third-order valence-corrected chi connectivity index (χ3v) is 5.26. The molecule has 4 heteroatoms. The highest BCUT2D eigenvalue weighted by Crippen LogP contribution is 2.40. The van der Waals surface area contributed by atoms with Crippen LogP contribution in [0.1, 0.15) is 42.9 Å². The van der Waals surface area contributed by atoms with Gasteiger partial charge < -0.3 is 9.47 Å². The molecule has 0 aliphatic heterocycles. The van der Waals surface area contributed by atoms with Gasteiger partial charge in [0.25, 0.3) is 0 Å². The summed E-state index contributed by atoms with van der Waals surface area (Å²) in [5.74, 6) is -0.960. The van der Waals surface area contributed by atoms with Crippen LogP contribution in [0, 0.1) is 5.92 Å². The smallest absolute Gasteiger partial charge is 0.317 e. The van der Waals surface area contributed by atoms with Gasteiger partial charge in [-0.05, 0) is 60.2 Å². The molecule has 0 amide bonds. The second-order valence-electron chi connectivity index (χ2n) is 6.94. The van der Waals surface area contributed by atoms with Crippen molar-refractivity contribution in [2.24, 2.45) is 5.92 Å². The molecule has 0 fully saturated rings. The molecule has 2 aromatic carbocycles. The molecule has 3 rings (SSSR count). The Balaban J connectivity index is 2.01. The molecule has 1 aliphatic rings. The first-order valence-corrected chi connectivity index (χ1v) is 9.71. The van der Waals surface area contributed by atoms with Crippen LogP contribution in [0.5, 0.6) is 5.75 Å². The number of allylic oxidation sites excluding steroid dienone is 2. The van der Waals surface area contributed by atoms with Crippen LogP contribution in [0.2, 0.25) is 0 Å². The quantitative estimate of drug-likeness (QED) is 0.545. The van der Waals surface area contributed by atoms with Gasteiger partial charge in [-0.2, -0.15) is 0 Å². The molecule has 2 aromatic rings. The summed E-state index contributed by atoms with van der Waals surface area (Å²) in [6, 6.07) is 15.8. The second kappa shape index (κ2) is 8.87. The number of carbonyl (C=O) groups excluding carboxylic acids is 2. The van der Waals surface area contributed by atoms with Gasteiger partial charge in [0.05, 0.1) is 13.7 Å². The summed E-state index contributed by atoms with van der Waals surface area (Å²) in [5, 5.41) is 0. The lowest BCUT2D eigenvalue weighted by Crippen LogP contribution is -2.34. The molecule has 0 heterocycles. The molecule has 0 spiro atoms. The highest BCUT2D eigenvalue weighted by atomic mass is 16.5. The molecule has 0 bridgehead atoms. The molecule has 0 saturated carbocycles. The molecule has 4 nitrogen and oxygen atoms in total. The van der Waals surface area contributed by atoms with Crippen LogP contribution < -0.4 is 4.74 Å². The van der Waals surface area contributed by atoms with Crippen molar-refractivity contribution >= 4 is 17.3 Å². The van der Waals surface area contributed by atoms with Crippen LogP contribution in [0.15, 0.2) is 54.6 Å². The van der Waals surface area contributed by atoms with Gasteiger partial charge in [-0.25, -0.2) is 0 Å². The van der Waals surface area contributed by atoms with Gasteiger partial charge in [-0.15, -0.1) is 0 Å². The zero-order valence-electron chi connectivity index (χ0n) is 16.6. The minimum absolute atomic E-state index is 0.202. The number of benzene rings is 2. The molecule has 0 radical (unpaired) electrons. The van der Waals surface area contributed by atoms with Gasteiger partial charge in [0.15, 0.2) is 5.78 Å². The Kier molecular flexibility index (Phi) is 6.30. The van der Waals surface area contributed by atoms with Crippen molar-refractivity contribution in [1.29, 1.82) is 0 Å². The van der Waals surface area contributed by atoms with E-state index in [4.69, 9.17) is 9.47 Å². The zero-order chi connectivity index (χ0) is 20.1. The molecule has 0 N–H and O–H groups in total. The van der Waals surface area contributed by atoms with Crippen LogP contribution in [-0.4, -0.2) is 25.5 Å². The number of esters is 1. The summed E-state index contributed by atoms with van der Waals surface area (Å²) in [5.41, 5.74) is 4.05. The third-order valence-electron chi connectivity index (χ3n) is 5.26. The van der Waals surface area contributed by atoms with Crippen molar-refractivity contribution in [3.8, 4) is 5.75 Å². The van der Waals surface area contributed by atoms with Crippen molar-refractivity contribution in [3.05, 3.63) is 71.3 Å². The predicted octanol–water partition coefficient (Wildman–Crippen LogP) is 4.58. The Bertz CT molecular complexity index is 880. The van der Waals surface area contributed by atoms with Gasteiger partial charge in [0.1, 0.15) is 11.7 Å². The molecule has 146 valence electrons. The number of methoxy groups -OCH3 is 1. The predicted molar refractivity (Wildman–Crippen MR) is 109 cm³/mol. The lowest BCUT2D eigenvalue weighted by molar-refractivity contribution is -0.151. The Labute approximate surface area is 166 Å². The number of rotatable bonds is 6. The summed E-state index contributed by atoms with van der Waals surface area (Å²) in [4.78, 5) is 25.5. The van der Waals surface area contributed by atoms with E-state index in [2.05, 4.69) is 19.1 Å². The Morgan fingerprint density at radius 3 is 2.50 bits per heavy atom. The number of hydrogen-bond donors (Lipinski definition) is 0. The Morgan fingerprint density at radius 2 is 1.86 bits per heavy atom. The van der Waals surface area contributed by atoms with Crippen LogP contribution in [0.25, 0.3) is 5.57 Å². The normalized spacial score (nSPS) is 19.1. The maximum atomic E-state index is 12.9. The number of aryl methyl sites for hydroxylation is 1. The molecule has 2 atom stereocenters. The third kappa shape index (κ3) is 4.16. The number of ketones is 1. The molecular weight excluding hydrogens is 352 g/mol. The fraction of sp³-hybridized carbons (Fsp3) is 0.333. The maximum absolute atomic E-state index is 12.9. The standard InChI is InChI=1S/C24H26O4/c1-4-16-9-11-17(12-10-16)21-14-19(18-7-6-8-20(13-18)27-3)15-22(25)23(21)24(26)28-5-2/h6-13,15,21,23H,4-5,14H2,1-3H3/t21-,23+/m0/s1. The summed E-state index contributed by atoms with van der Waals surface area (Å²) in [6.07, 6.45) is 3.13. The van der Waals surface area contributed by atoms with Crippen molar-refractivity contribution < 1.29 is 19.1 Å². The molecule has 0 saturated heterocycles. The first-order chi connectivity index (χ1) is 13.6. The van der Waals surface area contributed by atoms with E-state index >= 15 is 0 Å². The van der Waals surface area contributed by atoms with E-state index in [-0.39, 0.29) is 18.3 Å². The Hall–Kier alpha value is -2.88. The lowest BCUT2D eigenvalue weighted by Gasteiger charge is -2.29. The van der Waals surface area contributed by atoms with E-state index < -0.39 is 11.9 Å². The van der Waals surface area contributed by atoms with Gasteiger partial charge in [-0.1, -0.05) is 43.3 Å². The van der Waals surface area contributed by atoms with Crippen molar-refractivity contribution in [2.75, 3.05) is 13.7 Å². The van der Waals surface area contributed by atoms with E-state index in [9.17, 15) is 9.59 Å². The molecule has 0 unspecified atom stereocenters. The SMILES string of the molecule is CCOC(=O)[C@H]1C(=O)C=C(c2cccc(OC)c2)C[C@H]1c1ccc(CC)cc1.